The molecule has 0 saturated heterocycles. The van der Waals surface area contributed by atoms with Gasteiger partial charge in [0.15, 0.2) is 0 Å². The highest BCUT2D eigenvalue weighted by Crippen LogP contribution is 2.58. The summed E-state index contributed by atoms with van der Waals surface area (Å²) in [4.78, 5) is -0.0922. The van der Waals surface area contributed by atoms with Crippen LogP contribution in [0, 0.1) is 5.41 Å². The van der Waals surface area contributed by atoms with E-state index in [-0.39, 0.29) is 10.3 Å². The standard InChI is InChI=1S/C11H18Cl2/c1-10-6-2-3-8-11(10,13)9(12)5-4-7-10/h9H,2-8H2,1H3/t9-,10-,11+/m1/s1. The van der Waals surface area contributed by atoms with Crippen molar-refractivity contribution >= 4 is 23.2 Å². The summed E-state index contributed by atoms with van der Waals surface area (Å²) >= 11 is 13.1. The van der Waals surface area contributed by atoms with E-state index < -0.39 is 0 Å². The van der Waals surface area contributed by atoms with E-state index in [1.807, 2.05) is 0 Å². The first-order valence-electron chi connectivity index (χ1n) is 5.41. The monoisotopic (exact) mass is 220 g/mol. The zero-order valence-corrected chi connectivity index (χ0v) is 9.79. The van der Waals surface area contributed by atoms with E-state index in [1.165, 1.54) is 32.1 Å². The summed E-state index contributed by atoms with van der Waals surface area (Å²) < 4.78 is 0. The molecule has 0 N–H and O–H groups in total. The van der Waals surface area contributed by atoms with Gasteiger partial charge in [-0.2, -0.15) is 0 Å². The fourth-order valence-electron chi connectivity index (χ4n) is 3.17. The van der Waals surface area contributed by atoms with E-state index in [0.717, 1.165) is 12.8 Å². The van der Waals surface area contributed by atoms with Crippen molar-refractivity contribution in [1.29, 1.82) is 0 Å². The van der Waals surface area contributed by atoms with Crippen LogP contribution in [0.2, 0.25) is 0 Å². The molecule has 2 aliphatic rings. The molecule has 76 valence electrons. The molecular formula is C11H18Cl2. The molecule has 0 heterocycles. The Labute approximate surface area is 91.0 Å². The second kappa shape index (κ2) is 3.31. The van der Waals surface area contributed by atoms with Crippen LogP contribution in [-0.4, -0.2) is 10.3 Å². The lowest BCUT2D eigenvalue weighted by molar-refractivity contribution is 0.0917. The SMILES string of the molecule is C[C@]12CCCC[C@]1(Cl)[C@H](Cl)CCC2. The van der Waals surface area contributed by atoms with E-state index in [1.54, 1.807) is 0 Å². The minimum absolute atomic E-state index is 0.0922. The second-order valence-corrected chi connectivity index (χ2v) is 6.19. The predicted molar refractivity (Wildman–Crippen MR) is 58.7 cm³/mol. The Morgan fingerprint density at radius 1 is 1.08 bits per heavy atom. The molecule has 0 aromatic rings. The van der Waals surface area contributed by atoms with Gasteiger partial charge in [0.1, 0.15) is 0 Å². The van der Waals surface area contributed by atoms with Gasteiger partial charge in [-0.25, -0.2) is 0 Å². The van der Waals surface area contributed by atoms with Crippen LogP contribution in [0.3, 0.4) is 0 Å². The molecule has 0 spiro atoms. The Kier molecular flexibility index (Phi) is 2.57. The van der Waals surface area contributed by atoms with Crippen molar-refractivity contribution in [2.45, 2.75) is 62.1 Å². The predicted octanol–water partition coefficient (Wildman–Crippen LogP) is 4.34. The van der Waals surface area contributed by atoms with Crippen LogP contribution < -0.4 is 0 Å². The van der Waals surface area contributed by atoms with Crippen LogP contribution in [0.5, 0.6) is 0 Å². The molecule has 0 amide bonds. The van der Waals surface area contributed by atoms with E-state index in [9.17, 15) is 0 Å². The van der Waals surface area contributed by atoms with E-state index >= 15 is 0 Å². The number of rotatable bonds is 0. The van der Waals surface area contributed by atoms with Gasteiger partial charge in [0.25, 0.3) is 0 Å². The van der Waals surface area contributed by atoms with Gasteiger partial charge in [-0.05, 0) is 31.1 Å². The fraction of sp³-hybridized carbons (Fsp3) is 1.00. The largest absolute Gasteiger partial charge is 0.121 e. The van der Waals surface area contributed by atoms with Crippen LogP contribution in [0.15, 0.2) is 0 Å². The van der Waals surface area contributed by atoms with Crippen molar-refractivity contribution < 1.29 is 0 Å². The molecule has 13 heavy (non-hydrogen) atoms. The average molecular weight is 221 g/mol. The van der Waals surface area contributed by atoms with Crippen LogP contribution >= 0.6 is 23.2 Å². The van der Waals surface area contributed by atoms with Crippen molar-refractivity contribution in [2.24, 2.45) is 5.41 Å². The maximum Gasteiger partial charge on any atom is 0.0663 e. The molecule has 0 nitrogen and oxygen atoms in total. The molecule has 2 saturated carbocycles. The summed E-state index contributed by atoms with van der Waals surface area (Å²) in [6.45, 7) is 2.34. The van der Waals surface area contributed by atoms with E-state index in [0.29, 0.717) is 5.41 Å². The summed E-state index contributed by atoms with van der Waals surface area (Å²) in [5, 5.41) is 0.202. The molecule has 2 heteroatoms. The van der Waals surface area contributed by atoms with Gasteiger partial charge < -0.3 is 0 Å². The number of fused-ring (bicyclic) bond motifs is 1. The Hall–Kier alpha value is 0.580. The molecular weight excluding hydrogens is 203 g/mol. The summed E-state index contributed by atoms with van der Waals surface area (Å²) in [6.07, 6.45) is 8.66. The molecule has 2 fully saturated rings. The first-order valence-corrected chi connectivity index (χ1v) is 6.23. The number of halogens is 2. The Bertz CT molecular complexity index is 200. The molecule has 0 bridgehead atoms. The van der Waals surface area contributed by atoms with Crippen LogP contribution in [-0.2, 0) is 0 Å². The molecule has 0 aliphatic heterocycles. The topological polar surface area (TPSA) is 0 Å². The molecule has 3 atom stereocenters. The van der Waals surface area contributed by atoms with Gasteiger partial charge in [-0.3, -0.25) is 0 Å². The van der Waals surface area contributed by atoms with Crippen LogP contribution in [0.1, 0.15) is 51.9 Å². The van der Waals surface area contributed by atoms with Gasteiger partial charge in [0.2, 0.25) is 0 Å². The van der Waals surface area contributed by atoms with Crippen molar-refractivity contribution in [3.8, 4) is 0 Å². The van der Waals surface area contributed by atoms with Gasteiger partial charge >= 0.3 is 0 Å². The van der Waals surface area contributed by atoms with Crippen molar-refractivity contribution in [1.82, 2.24) is 0 Å². The highest BCUT2D eigenvalue weighted by atomic mass is 35.5. The number of hydrogen-bond acceptors (Lipinski definition) is 0. The Morgan fingerprint density at radius 2 is 1.69 bits per heavy atom. The lowest BCUT2D eigenvalue weighted by Crippen LogP contribution is -2.53. The van der Waals surface area contributed by atoms with Gasteiger partial charge in [-0.15, -0.1) is 23.2 Å². The summed E-state index contributed by atoms with van der Waals surface area (Å²) in [7, 11) is 0. The normalized spacial score (nSPS) is 51.5. The summed E-state index contributed by atoms with van der Waals surface area (Å²) in [6, 6.07) is 0. The van der Waals surface area contributed by atoms with Crippen molar-refractivity contribution in [3.05, 3.63) is 0 Å². The summed E-state index contributed by atoms with van der Waals surface area (Å²) in [5.74, 6) is 0. The first-order chi connectivity index (χ1) is 6.08. The number of alkyl halides is 2. The minimum Gasteiger partial charge on any atom is -0.121 e. The summed E-state index contributed by atoms with van der Waals surface area (Å²) in [5.41, 5.74) is 0.317. The molecule has 0 aromatic carbocycles. The van der Waals surface area contributed by atoms with Crippen LogP contribution in [0.25, 0.3) is 0 Å². The van der Waals surface area contributed by atoms with Gasteiger partial charge in [-0.1, -0.05) is 26.2 Å². The smallest absolute Gasteiger partial charge is 0.0663 e. The Morgan fingerprint density at radius 3 is 2.38 bits per heavy atom. The highest BCUT2D eigenvalue weighted by Gasteiger charge is 2.54. The lowest BCUT2D eigenvalue weighted by atomic mass is 9.60. The highest BCUT2D eigenvalue weighted by molar-refractivity contribution is 6.33. The average Bonchev–Trinajstić information content (AvgIpc) is 2.09. The van der Waals surface area contributed by atoms with E-state index in [4.69, 9.17) is 23.2 Å². The van der Waals surface area contributed by atoms with Gasteiger partial charge in [0, 0.05) is 0 Å². The second-order valence-electron chi connectivity index (χ2n) is 4.99. The zero-order valence-electron chi connectivity index (χ0n) is 8.28. The third-order valence-corrected chi connectivity index (χ3v) is 5.82. The maximum absolute atomic E-state index is 6.74. The zero-order chi connectivity index (χ0) is 9.53. The van der Waals surface area contributed by atoms with Gasteiger partial charge in [0.05, 0.1) is 10.3 Å². The lowest BCUT2D eigenvalue weighted by Gasteiger charge is -2.53. The molecule has 2 rings (SSSR count). The van der Waals surface area contributed by atoms with E-state index in [2.05, 4.69) is 6.92 Å². The first kappa shape index (κ1) is 10.1. The maximum atomic E-state index is 6.74. The molecule has 2 aliphatic carbocycles. The van der Waals surface area contributed by atoms with Crippen molar-refractivity contribution in [2.75, 3.05) is 0 Å². The third kappa shape index (κ3) is 1.41. The minimum atomic E-state index is -0.0922. The quantitative estimate of drug-likeness (QED) is 0.534. The molecule has 0 aromatic heterocycles. The van der Waals surface area contributed by atoms with Crippen LogP contribution in [0.4, 0.5) is 0 Å². The number of hydrogen-bond donors (Lipinski definition) is 0. The molecule has 0 unspecified atom stereocenters. The molecule has 0 radical (unpaired) electrons. The van der Waals surface area contributed by atoms with Crippen molar-refractivity contribution in [3.63, 3.8) is 0 Å². The third-order valence-electron chi connectivity index (χ3n) is 4.21. The Balaban J connectivity index is 2.27. The fourth-order valence-corrected chi connectivity index (χ4v) is 4.13.